The summed E-state index contributed by atoms with van der Waals surface area (Å²) < 4.78 is 18.8. The molecule has 4 nitrogen and oxygen atoms in total. The molecule has 1 N–H and O–H groups in total. The Morgan fingerprint density at radius 3 is 2.95 bits per heavy atom. The molecule has 0 saturated carbocycles. The predicted octanol–water partition coefficient (Wildman–Crippen LogP) is 1.87. The van der Waals surface area contributed by atoms with Crippen LogP contribution in [0.1, 0.15) is 30.6 Å². The van der Waals surface area contributed by atoms with E-state index in [0.717, 1.165) is 0 Å². The number of carbonyl (C=O) groups is 1. The maximum absolute atomic E-state index is 13.1. The number of hydrogen-bond acceptors (Lipinski definition) is 4. The second kappa shape index (κ2) is 6.64. The number of ketones is 1. The van der Waals surface area contributed by atoms with E-state index in [4.69, 9.17) is 4.74 Å². The number of ether oxygens (including phenoxy) is 1. The fourth-order valence-electron chi connectivity index (χ4n) is 2.75. The maximum atomic E-state index is 13.1. The van der Waals surface area contributed by atoms with Crippen LogP contribution in [0.25, 0.3) is 0 Å². The van der Waals surface area contributed by atoms with Gasteiger partial charge in [-0.3, -0.25) is 9.69 Å². The summed E-state index contributed by atoms with van der Waals surface area (Å²) in [6, 6.07) is 5.77. The summed E-state index contributed by atoms with van der Waals surface area (Å²) in [7, 11) is 0. The fraction of sp³-hybridized carbons (Fsp3) is 0.562. The van der Waals surface area contributed by atoms with E-state index in [1.54, 1.807) is 12.1 Å². The van der Waals surface area contributed by atoms with Crippen LogP contribution < -0.4 is 0 Å². The van der Waals surface area contributed by atoms with Gasteiger partial charge in [0.1, 0.15) is 5.82 Å². The van der Waals surface area contributed by atoms with Crippen molar-refractivity contribution in [3.05, 3.63) is 35.6 Å². The largest absolute Gasteiger partial charge is 0.394 e. The Morgan fingerprint density at radius 1 is 1.52 bits per heavy atom. The lowest BCUT2D eigenvalue weighted by Crippen LogP contribution is -2.54. The highest BCUT2D eigenvalue weighted by Gasteiger charge is 2.32. The minimum Gasteiger partial charge on any atom is -0.394 e. The molecule has 1 aliphatic rings. The molecule has 1 aromatic carbocycles. The van der Waals surface area contributed by atoms with Crippen molar-refractivity contribution >= 4 is 5.78 Å². The van der Waals surface area contributed by atoms with Crippen molar-refractivity contribution in [3.63, 3.8) is 0 Å². The van der Waals surface area contributed by atoms with Crippen LogP contribution in [0.5, 0.6) is 0 Å². The molecule has 0 bridgehead atoms. The lowest BCUT2D eigenvalue weighted by atomic mass is 10.0. The van der Waals surface area contributed by atoms with Crippen LogP contribution in [0.2, 0.25) is 0 Å². The first-order chi connectivity index (χ1) is 9.89. The number of nitrogens with zero attached hydrogens (tertiary/aromatic N) is 1. The van der Waals surface area contributed by atoms with Gasteiger partial charge >= 0.3 is 0 Å². The molecule has 0 amide bonds. The second-order valence-electron chi connectivity index (χ2n) is 6.10. The normalized spacial score (nSPS) is 22.2. The Labute approximate surface area is 124 Å². The van der Waals surface area contributed by atoms with Crippen LogP contribution >= 0.6 is 0 Å². The molecule has 0 aliphatic carbocycles. The van der Waals surface area contributed by atoms with Gasteiger partial charge in [0, 0.05) is 31.6 Å². The number of benzene rings is 1. The van der Waals surface area contributed by atoms with E-state index in [9.17, 15) is 14.3 Å². The first-order valence-corrected chi connectivity index (χ1v) is 7.19. The highest BCUT2D eigenvalue weighted by molar-refractivity contribution is 5.96. The van der Waals surface area contributed by atoms with Gasteiger partial charge in [0.15, 0.2) is 5.78 Å². The van der Waals surface area contributed by atoms with Gasteiger partial charge in [-0.1, -0.05) is 12.1 Å². The quantitative estimate of drug-likeness (QED) is 0.843. The van der Waals surface area contributed by atoms with Gasteiger partial charge < -0.3 is 9.84 Å². The monoisotopic (exact) mass is 295 g/mol. The molecule has 0 radical (unpaired) electrons. The van der Waals surface area contributed by atoms with Crippen molar-refractivity contribution in [1.29, 1.82) is 0 Å². The number of aliphatic hydroxyl groups excluding tert-OH is 1. The number of rotatable bonds is 5. The van der Waals surface area contributed by atoms with Crippen molar-refractivity contribution < 1.29 is 19.0 Å². The molecule has 1 unspecified atom stereocenters. The van der Waals surface area contributed by atoms with E-state index in [0.29, 0.717) is 31.6 Å². The third-order valence-corrected chi connectivity index (χ3v) is 3.56. The van der Waals surface area contributed by atoms with Crippen molar-refractivity contribution in [2.75, 3.05) is 26.2 Å². The van der Waals surface area contributed by atoms with Crippen LogP contribution in [0.15, 0.2) is 24.3 Å². The minimum absolute atomic E-state index is 0.0300. The average molecular weight is 295 g/mol. The zero-order valence-corrected chi connectivity index (χ0v) is 12.5. The molecule has 1 aliphatic heterocycles. The lowest BCUT2D eigenvalue weighted by molar-refractivity contribution is -0.148. The molecule has 0 aromatic heterocycles. The number of Topliss-reactive ketones (excluding diaryl/α,β-unsaturated/α-hetero) is 1. The molecule has 2 rings (SSSR count). The zero-order valence-electron chi connectivity index (χ0n) is 12.5. The highest BCUT2D eigenvalue weighted by Crippen LogP contribution is 2.21. The van der Waals surface area contributed by atoms with Gasteiger partial charge in [-0.2, -0.15) is 0 Å². The summed E-state index contributed by atoms with van der Waals surface area (Å²) in [5, 5.41) is 9.27. The minimum atomic E-state index is -0.395. The summed E-state index contributed by atoms with van der Waals surface area (Å²) in [5.41, 5.74) is 0.0642. The Morgan fingerprint density at radius 2 is 2.29 bits per heavy atom. The number of morpholine rings is 1. The molecule has 1 atom stereocenters. The molecule has 0 spiro atoms. The topological polar surface area (TPSA) is 49.8 Å². The molecular formula is C16H22FNO3. The third kappa shape index (κ3) is 4.59. The van der Waals surface area contributed by atoms with Crippen LogP contribution in [-0.4, -0.2) is 53.7 Å². The Hall–Kier alpha value is -1.30. The van der Waals surface area contributed by atoms with Crippen LogP contribution in [0.4, 0.5) is 4.39 Å². The van der Waals surface area contributed by atoms with Crippen LogP contribution in [0, 0.1) is 5.82 Å². The molecule has 21 heavy (non-hydrogen) atoms. The first-order valence-electron chi connectivity index (χ1n) is 7.19. The van der Waals surface area contributed by atoms with Gasteiger partial charge in [0.2, 0.25) is 0 Å². The standard InChI is InChI=1S/C16H22FNO3/c1-16(2)11-18(9-14(10-19)21-16)7-6-15(20)12-4-3-5-13(17)8-12/h3-5,8,14,19H,6-7,9-11H2,1-2H3. The van der Waals surface area contributed by atoms with Crippen molar-refractivity contribution in [1.82, 2.24) is 4.90 Å². The zero-order chi connectivity index (χ0) is 15.5. The molecular weight excluding hydrogens is 273 g/mol. The van der Waals surface area contributed by atoms with Gasteiger partial charge in [0.05, 0.1) is 18.3 Å². The molecule has 5 heteroatoms. The van der Waals surface area contributed by atoms with E-state index in [1.165, 1.54) is 12.1 Å². The Balaban J connectivity index is 1.91. The Bertz CT molecular complexity index is 504. The summed E-state index contributed by atoms with van der Waals surface area (Å²) >= 11 is 0. The fourth-order valence-corrected chi connectivity index (χ4v) is 2.75. The number of halogens is 1. The predicted molar refractivity (Wildman–Crippen MR) is 77.8 cm³/mol. The van der Waals surface area contributed by atoms with E-state index in [2.05, 4.69) is 4.90 Å². The lowest BCUT2D eigenvalue weighted by Gasteiger charge is -2.42. The molecule has 1 heterocycles. The van der Waals surface area contributed by atoms with Gasteiger partial charge in [-0.05, 0) is 26.0 Å². The molecule has 1 fully saturated rings. The van der Waals surface area contributed by atoms with Crippen LogP contribution in [0.3, 0.4) is 0 Å². The SMILES string of the molecule is CC1(C)CN(CCC(=O)c2cccc(F)c2)CC(CO)O1. The summed E-state index contributed by atoms with van der Waals surface area (Å²) in [4.78, 5) is 14.2. The van der Waals surface area contributed by atoms with Crippen molar-refractivity contribution in [2.24, 2.45) is 0 Å². The summed E-state index contributed by atoms with van der Waals surface area (Å²) in [6.07, 6.45) is 0.107. The first kappa shape index (κ1) is 16.1. The number of hydrogen-bond donors (Lipinski definition) is 1. The molecule has 1 aromatic rings. The van der Waals surface area contributed by atoms with Crippen LogP contribution in [-0.2, 0) is 4.74 Å². The molecule has 1 saturated heterocycles. The smallest absolute Gasteiger partial charge is 0.164 e. The van der Waals surface area contributed by atoms with E-state index in [1.807, 2.05) is 13.8 Å². The summed E-state index contributed by atoms with van der Waals surface area (Å²) in [5.74, 6) is -0.465. The Kier molecular flexibility index (Phi) is 5.08. The van der Waals surface area contributed by atoms with E-state index >= 15 is 0 Å². The maximum Gasteiger partial charge on any atom is 0.164 e. The average Bonchev–Trinajstić information content (AvgIpc) is 2.43. The highest BCUT2D eigenvalue weighted by atomic mass is 19.1. The number of aliphatic hydroxyl groups is 1. The van der Waals surface area contributed by atoms with Gasteiger partial charge in [-0.25, -0.2) is 4.39 Å². The molecule has 116 valence electrons. The third-order valence-electron chi connectivity index (χ3n) is 3.56. The van der Waals surface area contributed by atoms with E-state index < -0.39 is 5.82 Å². The van der Waals surface area contributed by atoms with Gasteiger partial charge in [0.25, 0.3) is 0 Å². The van der Waals surface area contributed by atoms with Gasteiger partial charge in [-0.15, -0.1) is 0 Å². The number of carbonyl (C=O) groups excluding carboxylic acids is 1. The van der Waals surface area contributed by atoms with Crippen molar-refractivity contribution in [3.8, 4) is 0 Å². The summed E-state index contributed by atoms with van der Waals surface area (Å²) in [6.45, 7) is 5.80. The second-order valence-corrected chi connectivity index (χ2v) is 6.10. The van der Waals surface area contributed by atoms with Crippen molar-refractivity contribution in [2.45, 2.75) is 32.0 Å². The van der Waals surface area contributed by atoms with E-state index in [-0.39, 0.29) is 24.1 Å².